The normalized spacial score (nSPS) is 9.82. The standard InChI is InChI=1S/C12H18N2O3/c1-3-14-10-5-4-9(12(16)13-2)8-11(10)17-7-6-15/h4-5,8,14-15H,3,6-7H2,1-2H3,(H,13,16). The van der Waals surface area contributed by atoms with Gasteiger partial charge in [0.15, 0.2) is 0 Å². The minimum atomic E-state index is -0.165. The highest BCUT2D eigenvalue weighted by Crippen LogP contribution is 2.25. The molecule has 5 heteroatoms. The van der Waals surface area contributed by atoms with Crippen LogP contribution in [0.2, 0.25) is 0 Å². The van der Waals surface area contributed by atoms with Crippen molar-refractivity contribution in [1.29, 1.82) is 0 Å². The van der Waals surface area contributed by atoms with E-state index in [1.807, 2.05) is 6.92 Å². The number of anilines is 1. The second kappa shape index (κ2) is 6.75. The molecule has 0 heterocycles. The maximum Gasteiger partial charge on any atom is 0.251 e. The van der Waals surface area contributed by atoms with Crippen molar-refractivity contribution in [2.45, 2.75) is 6.92 Å². The van der Waals surface area contributed by atoms with E-state index in [4.69, 9.17) is 9.84 Å². The maximum atomic E-state index is 11.5. The highest BCUT2D eigenvalue weighted by atomic mass is 16.5. The van der Waals surface area contributed by atoms with Gasteiger partial charge in [-0.3, -0.25) is 4.79 Å². The van der Waals surface area contributed by atoms with E-state index in [-0.39, 0.29) is 19.1 Å². The van der Waals surface area contributed by atoms with Gasteiger partial charge in [0, 0.05) is 19.2 Å². The van der Waals surface area contributed by atoms with Crippen molar-refractivity contribution in [1.82, 2.24) is 5.32 Å². The Hall–Kier alpha value is -1.75. The number of amides is 1. The smallest absolute Gasteiger partial charge is 0.251 e. The average molecular weight is 238 g/mol. The van der Waals surface area contributed by atoms with Gasteiger partial charge in [-0.05, 0) is 25.1 Å². The lowest BCUT2D eigenvalue weighted by atomic mass is 10.1. The third-order valence-corrected chi connectivity index (χ3v) is 2.19. The molecular formula is C12H18N2O3. The van der Waals surface area contributed by atoms with Crippen molar-refractivity contribution in [3.8, 4) is 5.75 Å². The Morgan fingerprint density at radius 3 is 2.82 bits per heavy atom. The van der Waals surface area contributed by atoms with Crippen molar-refractivity contribution < 1.29 is 14.6 Å². The van der Waals surface area contributed by atoms with Crippen LogP contribution in [0, 0.1) is 0 Å². The molecule has 0 fully saturated rings. The van der Waals surface area contributed by atoms with E-state index in [0.717, 1.165) is 12.2 Å². The Morgan fingerprint density at radius 2 is 2.24 bits per heavy atom. The lowest BCUT2D eigenvalue weighted by Crippen LogP contribution is -2.18. The summed E-state index contributed by atoms with van der Waals surface area (Å²) in [6, 6.07) is 5.18. The van der Waals surface area contributed by atoms with Crippen LogP contribution in [-0.2, 0) is 0 Å². The number of ether oxygens (including phenoxy) is 1. The van der Waals surface area contributed by atoms with Crippen LogP contribution in [0.25, 0.3) is 0 Å². The van der Waals surface area contributed by atoms with Crippen molar-refractivity contribution in [3.05, 3.63) is 23.8 Å². The first kappa shape index (κ1) is 13.3. The number of carbonyl (C=O) groups excluding carboxylic acids is 1. The summed E-state index contributed by atoms with van der Waals surface area (Å²) in [6.45, 7) is 2.88. The molecule has 0 radical (unpaired) electrons. The minimum absolute atomic E-state index is 0.0598. The molecule has 0 bridgehead atoms. The molecule has 0 atom stereocenters. The largest absolute Gasteiger partial charge is 0.489 e. The Kier molecular flexibility index (Phi) is 5.29. The zero-order valence-electron chi connectivity index (χ0n) is 10.1. The van der Waals surface area contributed by atoms with E-state index in [1.165, 1.54) is 0 Å². The zero-order chi connectivity index (χ0) is 12.7. The molecule has 1 aromatic carbocycles. The minimum Gasteiger partial charge on any atom is -0.489 e. The topological polar surface area (TPSA) is 70.6 Å². The Balaban J connectivity index is 2.96. The van der Waals surface area contributed by atoms with Crippen LogP contribution in [0.4, 0.5) is 5.69 Å². The summed E-state index contributed by atoms with van der Waals surface area (Å²) in [5.74, 6) is 0.406. The first-order chi connectivity index (χ1) is 8.22. The van der Waals surface area contributed by atoms with Gasteiger partial charge in [0.25, 0.3) is 5.91 Å². The summed E-state index contributed by atoms with van der Waals surface area (Å²) >= 11 is 0. The molecule has 1 amide bonds. The summed E-state index contributed by atoms with van der Waals surface area (Å²) in [7, 11) is 1.58. The molecule has 3 N–H and O–H groups in total. The predicted molar refractivity (Wildman–Crippen MR) is 66.6 cm³/mol. The van der Waals surface area contributed by atoms with E-state index in [1.54, 1.807) is 25.2 Å². The van der Waals surface area contributed by atoms with Crippen LogP contribution in [0.15, 0.2) is 18.2 Å². The summed E-state index contributed by atoms with van der Waals surface area (Å²) < 4.78 is 5.38. The molecule has 0 aromatic heterocycles. The quantitative estimate of drug-likeness (QED) is 0.687. The summed E-state index contributed by atoms with van der Waals surface area (Å²) in [5.41, 5.74) is 1.34. The van der Waals surface area contributed by atoms with Gasteiger partial charge in [0.1, 0.15) is 12.4 Å². The van der Waals surface area contributed by atoms with Crippen LogP contribution in [0.1, 0.15) is 17.3 Å². The van der Waals surface area contributed by atoms with Crippen LogP contribution in [0.5, 0.6) is 5.75 Å². The van der Waals surface area contributed by atoms with Crippen LogP contribution in [-0.4, -0.2) is 37.8 Å². The van der Waals surface area contributed by atoms with Gasteiger partial charge in [0.2, 0.25) is 0 Å². The molecule has 0 aliphatic rings. The second-order valence-corrected chi connectivity index (χ2v) is 3.39. The van der Waals surface area contributed by atoms with Crippen molar-refractivity contribution in [2.75, 3.05) is 32.1 Å². The third-order valence-electron chi connectivity index (χ3n) is 2.19. The monoisotopic (exact) mass is 238 g/mol. The molecule has 0 saturated heterocycles. The zero-order valence-corrected chi connectivity index (χ0v) is 10.1. The van der Waals surface area contributed by atoms with Crippen LogP contribution >= 0.6 is 0 Å². The number of nitrogens with one attached hydrogen (secondary N) is 2. The van der Waals surface area contributed by atoms with Gasteiger partial charge in [-0.2, -0.15) is 0 Å². The highest BCUT2D eigenvalue weighted by molar-refractivity contribution is 5.95. The van der Waals surface area contributed by atoms with Gasteiger partial charge in [0.05, 0.1) is 12.3 Å². The fraction of sp³-hybridized carbons (Fsp3) is 0.417. The molecular weight excluding hydrogens is 220 g/mol. The summed E-state index contributed by atoms with van der Waals surface area (Å²) in [5, 5.41) is 14.4. The van der Waals surface area contributed by atoms with E-state index in [9.17, 15) is 4.79 Å². The molecule has 0 saturated carbocycles. The maximum absolute atomic E-state index is 11.5. The van der Waals surface area contributed by atoms with Crippen molar-refractivity contribution in [3.63, 3.8) is 0 Å². The van der Waals surface area contributed by atoms with E-state index < -0.39 is 0 Å². The number of carbonyl (C=O) groups is 1. The van der Waals surface area contributed by atoms with Gasteiger partial charge in [-0.15, -0.1) is 0 Å². The molecule has 17 heavy (non-hydrogen) atoms. The Bertz CT molecular complexity index is 380. The van der Waals surface area contributed by atoms with E-state index in [2.05, 4.69) is 10.6 Å². The van der Waals surface area contributed by atoms with Crippen LogP contribution in [0.3, 0.4) is 0 Å². The predicted octanol–water partition coefficient (Wildman–Crippen LogP) is 0.849. The van der Waals surface area contributed by atoms with E-state index in [0.29, 0.717) is 11.3 Å². The van der Waals surface area contributed by atoms with Crippen LogP contribution < -0.4 is 15.4 Å². The van der Waals surface area contributed by atoms with Gasteiger partial charge >= 0.3 is 0 Å². The molecule has 1 rings (SSSR count). The third kappa shape index (κ3) is 3.64. The highest BCUT2D eigenvalue weighted by Gasteiger charge is 2.09. The number of hydrogen-bond donors (Lipinski definition) is 3. The second-order valence-electron chi connectivity index (χ2n) is 3.39. The molecule has 94 valence electrons. The summed E-state index contributed by atoms with van der Waals surface area (Å²) in [6.07, 6.45) is 0. The number of rotatable bonds is 6. The Morgan fingerprint density at radius 1 is 1.47 bits per heavy atom. The average Bonchev–Trinajstić information content (AvgIpc) is 2.37. The van der Waals surface area contributed by atoms with Gasteiger partial charge in [-0.25, -0.2) is 0 Å². The molecule has 0 aliphatic heterocycles. The lowest BCUT2D eigenvalue weighted by molar-refractivity contribution is 0.0962. The molecule has 5 nitrogen and oxygen atoms in total. The van der Waals surface area contributed by atoms with Gasteiger partial charge < -0.3 is 20.5 Å². The fourth-order valence-corrected chi connectivity index (χ4v) is 1.42. The molecule has 0 unspecified atom stereocenters. The van der Waals surface area contributed by atoms with Crippen molar-refractivity contribution >= 4 is 11.6 Å². The Labute approximate surface area is 101 Å². The number of aliphatic hydroxyl groups is 1. The summed E-state index contributed by atoms with van der Waals surface area (Å²) in [4.78, 5) is 11.5. The molecule has 0 aliphatic carbocycles. The number of hydrogen-bond acceptors (Lipinski definition) is 4. The SMILES string of the molecule is CCNc1ccc(C(=O)NC)cc1OCCO. The number of aliphatic hydroxyl groups excluding tert-OH is 1. The number of benzene rings is 1. The lowest BCUT2D eigenvalue weighted by Gasteiger charge is -2.13. The molecule has 1 aromatic rings. The molecule has 0 spiro atoms. The first-order valence-electron chi connectivity index (χ1n) is 5.56. The fourth-order valence-electron chi connectivity index (χ4n) is 1.42. The van der Waals surface area contributed by atoms with Crippen molar-refractivity contribution in [2.24, 2.45) is 0 Å². The van der Waals surface area contributed by atoms with E-state index >= 15 is 0 Å². The first-order valence-corrected chi connectivity index (χ1v) is 5.56. The van der Waals surface area contributed by atoms with Gasteiger partial charge in [-0.1, -0.05) is 0 Å².